The van der Waals surface area contributed by atoms with E-state index in [4.69, 9.17) is 0 Å². The fourth-order valence-corrected chi connectivity index (χ4v) is 2.60. The van der Waals surface area contributed by atoms with Gasteiger partial charge in [-0.2, -0.15) is 0 Å². The maximum atomic E-state index is 4.08. The van der Waals surface area contributed by atoms with Crippen LogP contribution in [-0.2, 0) is 0 Å². The van der Waals surface area contributed by atoms with Crippen molar-refractivity contribution in [3.05, 3.63) is 30.1 Å². The molecule has 16 heavy (non-hydrogen) atoms. The van der Waals surface area contributed by atoms with E-state index in [0.29, 0.717) is 6.04 Å². The summed E-state index contributed by atoms with van der Waals surface area (Å²) in [5, 5.41) is 3.79. The smallest absolute Gasteiger partial charge is 0.0321 e. The predicted octanol–water partition coefficient (Wildman–Crippen LogP) is 3.46. The molecule has 1 heterocycles. The van der Waals surface area contributed by atoms with Crippen molar-refractivity contribution in [2.24, 2.45) is 0 Å². The van der Waals surface area contributed by atoms with Crippen molar-refractivity contribution in [3.8, 4) is 0 Å². The molecule has 0 amide bonds. The Morgan fingerprint density at radius 1 is 1.25 bits per heavy atom. The number of rotatable bonds is 4. The molecule has 0 aromatic carbocycles. The second kappa shape index (κ2) is 6.00. The lowest BCUT2D eigenvalue weighted by Gasteiger charge is -2.28. The fraction of sp³-hybridized carbons (Fsp3) is 0.643. The van der Waals surface area contributed by atoms with Gasteiger partial charge in [-0.1, -0.05) is 26.2 Å². The number of nitrogens with one attached hydrogen (secondary N) is 1. The molecule has 1 atom stereocenters. The zero-order chi connectivity index (χ0) is 11.2. The number of nitrogens with zero attached hydrogens (tertiary/aromatic N) is 1. The van der Waals surface area contributed by atoms with Crippen molar-refractivity contribution in [2.45, 2.75) is 57.5 Å². The van der Waals surface area contributed by atoms with Crippen LogP contribution in [0.4, 0.5) is 0 Å². The highest BCUT2D eigenvalue weighted by Crippen LogP contribution is 2.22. The van der Waals surface area contributed by atoms with Crippen LogP contribution < -0.4 is 5.32 Å². The largest absolute Gasteiger partial charge is 0.307 e. The lowest BCUT2D eigenvalue weighted by Crippen LogP contribution is -2.34. The van der Waals surface area contributed by atoms with E-state index in [9.17, 15) is 0 Å². The molecule has 1 fully saturated rings. The number of aromatic nitrogens is 1. The van der Waals surface area contributed by atoms with Crippen molar-refractivity contribution in [2.75, 3.05) is 0 Å². The van der Waals surface area contributed by atoms with E-state index in [-0.39, 0.29) is 0 Å². The molecule has 1 saturated carbocycles. The average Bonchev–Trinajstić information content (AvgIpc) is 2.38. The summed E-state index contributed by atoms with van der Waals surface area (Å²) >= 11 is 0. The third kappa shape index (κ3) is 3.05. The molecule has 1 unspecified atom stereocenters. The zero-order valence-corrected chi connectivity index (χ0v) is 10.2. The average molecular weight is 218 g/mol. The molecule has 1 aromatic heterocycles. The molecule has 0 spiro atoms. The van der Waals surface area contributed by atoms with Crippen LogP contribution in [0.2, 0.25) is 0 Å². The van der Waals surface area contributed by atoms with Crippen molar-refractivity contribution < 1.29 is 0 Å². The van der Waals surface area contributed by atoms with Gasteiger partial charge in [-0.05, 0) is 37.0 Å². The highest BCUT2D eigenvalue weighted by Gasteiger charge is 2.17. The lowest BCUT2D eigenvalue weighted by molar-refractivity contribution is 0.334. The zero-order valence-electron chi connectivity index (χ0n) is 10.2. The van der Waals surface area contributed by atoms with E-state index in [1.807, 2.05) is 12.4 Å². The molecule has 0 saturated heterocycles. The molecule has 0 radical (unpaired) electrons. The SMILES string of the molecule is CCC(NC1CCCCC1)c1ccncc1. The quantitative estimate of drug-likeness (QED) is 0.837. The highest BCUT2D eigenvalue weighted by molar-refractivity contribution is 5.15. The Balaban J connectivity index is 1.94. The maximum Gasteiger partial charge on any atom is 0.0321 e. The van der Waals surface area contributed by atoms with Gasteiger partial charge in [0.1, 0.15) is 0 Å². The lowest BCUT2D eigenvalue weighted by atomic mass is 9.93. The minimum atomic E-state index is 0.506. The first kappa shape index (κ1) is 11.6. The van der Waals surface area contributed by atoms with Crippen LogP contribution in [0.25, 0.3) is 0 Å². The fourth-order valence-electron chi connectivity index (χ4n) is 2.60. The third-order valence-electron chi connectivity index (χ3n) is 3.56. The molecule has 1 aliphatic carbocycles. The van der Waals surface area contributed by atoms with Gasteiger partial charge in [-0.3, -0.25) is 4.98 Å². The van der Waals surface area contributed by atoms with E-state index in [0.717, 1.165) is 12.5 Å². The van der Waals surface area contributed by atoms with Crippen LogP contribution in [0.3, 0.4) is 0 Å². The highest BCUT2D eigenvalue weighted by atomic mass is 14.9. The normalized spacial score (nSPS) is 19.6. The Labute approximate surface area is 98.5 Å². The predicted molar refractivity (Wildman–Crippen MR) is 67.3 cm³/mol. The van der Waals surface area contributed by atoms with Crippen molar-refractivity contribution in [1.82, 2.24) is 10.3 Å². The number of pyridine rings is 1. The molecule has 2 heteroatoms. The second-order valence-corrected chi connectivity index (χ2v) is 4.74. The third-order valence-corrected chi connectivity index (χ3v) is 3.56. The van der Waals surface area contributed by atoms with Crippen LogP contribution >= 0.6 is 0 Å². The molecule has 2 rings (SSSR count). The van der Waals surface area contributed by atoms with Gasteiger partial charge in [0, 0.05) is 24.5 Å². The molecule has 88 valence electrons. The molecule has 1 N–H and O–H groups in total. The summed E-state index contributed by atoms with van der Waals surface area (Å²) in [6.45, 7) is 2.25. The maximum absolute atomic E-state index is 4.08. The summed E-state index contributed by atoms with van der Waals surface area (Å²) in [6, 6.07) is 5.49. The van der Waals surface area contributed by atoms with E-state index in [1.165, 1.54) is 37.7 Å². The van der Waals surface area contributed by atoms with Gasteiger partial charge in [0.05, 0.1) is 0 Å². The standard InChI is InChI=1S/C14H22N2/c1-2-14(12-8-10-15-11-9-12)16-13-6-4-3-5-7-13/h8-11,13-14,16H,2-7H2,1H3. The van der Waals surface area contributed by atoms with E-state index in [2.05, 4.69) is 29.4 Å². The molecule has 1 aromatic rings. The Kier molecular flexibility index (Phi) is 4.34. The monoisotopic (exact) mass is 218 g/mol. The molecule has 0 aliphatic heterocycles. The van der Waals surface area contributed by atoms with Gasteiger partial charge in [0.15, 0.2) is 0 Å². The Morgan fingerprint density at radius 2 is 1.94 bits per heavy atom. The van der Waals surface area contributed by atoms with E-state index in [1.54, 1.807) is 0 Å². The van der Waals surface area contributed by atoms with Crippen LogP contribution in [0.5, 0.6) is 0 Å². The number of hydrogen-bond donors (Lipinski definition) is 1. The van der Waals surface area contributed by atoms with Gasteiger partial charge < -0.3 is 5.32 Å². The summed E-state index contributed by atoms with van der Waals surface area (Å²) in [6.07, 6.45) is 11.8. The molecule has 1 aliphatic rings. The summed E-state index contributed by atoms with van der Waals surface area (Å²) < 4.78 is 0. The van der Waals surface area contributed by atoms with Gasteiger partial charge >= 0.3 is 0 Å². The minimum absolute atomic E-state index is 0.506. The summed E-state index contributed by atoms with van der Waals surface area (Å²) in [4.78, 5) is 4.08. The van der Waals surface area contributed by atoms with Gasteiger partial charge in [0.25, 0.3) is 0 Å². The Hall–Kier alpha value is -0.890. The van der Waals surface area contributed by atoms with Gasteiger partial charge in [-0.15, -0.1) is 0 Å². The van der Waals surface area contributed by atoms with Crippen LogP contribution in [0.15, 0.2) is 24.5 Å². The van der Waals surface area contributed by atoms with Crippen molar-refractivity contribution >= 4 is 0 Å². The van der Waals surface area contributed by atoms with Gasteiger partial charge in [-0.25, -0.2) is 0 Å². The Morgan fingerprint density at radius 3 is 2.56 bits per heavy atom. The topological polar surface area (TPSA) is 24.9 Å². The molecular weight excluding hydrogens is 196 g/mol. The van der Waals surface area contributed by atoms with Gasteiger partial charge in [0.2, 0.25) is 0 Å². The molecular formula is C14H22N2. The summed E-state index contributed by atoms with van der Waals surface area (Å²) in [5.74, 6) is 0. The summed E-state index contributed by atoms with van der Waals surface area (Å²) in [7, 11) is 0. The Bertz CT molecular complexity index is 291. The van der Waals surface area contributed by atoms with Crippen molar-refractivity contribution in [1.29, 1.82) is 0 Å². The van der Waals surface area contributed by atoms with E-state index < -0.39 is 0 Å². The first-order valence-electron chi connectivity index (χ1n) is 6.56. The van der Waals surface area contributed by atoms with Crippen molar-refractivity contribution in [3.63, 3.8) is 0 Å². The second-order valence-electron chi connectivity index (χ2n) is 4.74. The first-order chi connectivity index (χ1) is 7.90. The first-order valence-corrected chi connectivity index (χ1v) is 6.56. The van der Waals surface area contributed by atoms with Crippen LogP contribution in [0, 0.1) is 0 Å². The summed E-state index contributed by atoms with van der Waals surface area (Å²) in [5.41, 5.74) is 1.38. The van der Waals surface area contributed by atoms with Crippen LogP contribution in [-0.4, -0.2) is 11.0 Å². The molecule has 2 nitrogen and oxygen atoms in total. The molecule has 0 bridgehead atoms. The number of hydrogen-bond acceptors (Lipinski definition) is 2. The van der Waals surface area contributed by atoms with Crippen LogP contribution in [0.1, 0.15) is 57.1 Å². The minimum Gasteiger partial charge on any atom is -0.307 e. The van der Waals surface area contributed by atoms with E-state index >= 15 is 0 Å².